The smallest absolute Gasteiger partial charge is 0.148 e. The van der Waals surface area contributed by atoms with Gasteiger partial charge in [0.2, 0.25) is 0 Å². The molecule has 0 aromatic carbocycles. The van der Waals surface area contributed by atoms with E-state index in [0.29, 0.717) is 12.2 Å². The maximum atomic E-state index is 9.51. The Morgan fingerprint density at radius 1 is 1.50 bits per heavy atom. The molecular formula is C11H22N4O. The SMILES string of the molecule is CCC(O)CNc1c(N)c(C)nn1C(C)C. The predicted molar refractivity (Wildman–Crippen MR) is 66.5 cm³/mol. The van der Waals surface area contributed by atoms with E-state index in [1.807, 2.05) is 32.4 Å². The van der Waals surface area contributed by atoms with Crippen LogP contribution in [0.1, 0.15) is 38.9 Å². The fraction of sp³-hybridized carbons (Fsp3) is 0.727. The molecule has 0 amide bonds. The highest BCUT2D eigenvalue weighted by Gasteiger charge is 2.14. The lowest BCUT2D eigenvalue weighted by molar-refractivity contribution is 0.183. The van der Waals surface area contributed by atoms with Gasteiger partial charge in [0.1, 0.15) is 5.82 Å². The van der Waals surface area contributed by atoms with Crippen molar-refractivity contribution in [2.75, 3.05) is 17.6 Å². The third-order valence-electron chi connectivity index (χ3n) is 2.60. The standard InChI is InChI=1S/C11H22N4O/c1-5-9(16)6-13-11-10(12)8(4)14-15(11)7(2)3/h7,9,13,16H,5-6,12H2,1-4H3. The Morgan fingerprint density at radius 2 is 2.12 bits per heavy atom. The van der Waals surface area contributed by atoms with Crippen LogP contribution in [0.4, 0.5) is 11.5 Å². The zero-order valence-electron chi connectivity index (χ0n) is 10.5. The van der Waals surface area contributed by atoms with Crippen LogP contribution in [0.5, 0.6) is 0 Å². The van der Waals surface area contributed by atoms with Gasteiger partial charge in [-0.05, 0) is 27.2 Å². The summed E-state index contributed by atoms with van der Waals surface area (Å²) in [5.41, 5.74) is 7.43. The zero-order valence-corrected chi connectivity index (χ0v) is 10.5. The van der Waals surface area contributed by atoms with E-state index in [2.05, 4.69) is 10.4 Å². The van der Waals surface area contributed by atoms with E-state index in [-0.39, 0.29) is 12.1 Å². The number of hydrogen-bond acceptors (Lipinski definition) is 4. The minimum Gasteiger partial charge on any atom is -0.394 e. The largest absolute Gasteiger partial charge is 0.394 e. The second kappa shape index (κ2) is 5.21. The van der Waals surface area contributed by atoms with Crippen LogP contribution in [0.3, 0.4) is 0 Å². The Morgan fingerprint density at radius 3 is 2.62 bits per heavy atom. The van der Waals surface area contributed by atoms with Gasteiger partial charge in [-0.2, -0.15) is 5.10 Å². The zero-order chi connectivity index (χ0) is 12.3. The summed E-state index contributed by atoms with van der Waals surface area (Å²) in [6.45, 7) is 8.43. The molecule has 1 unspecified atom stereocenters. The summed E-state index contributed by atoms with van der Waals surface area (Å²) < 4.78 is 1.85. The summed E-state index contributed by atoms with van der Waals surface area (Å²) in [6.07, 6.45) is 0.372. The third-order valence-corrected chi connectivity index (χ3v) is 2.60. The molecule has 16 heavy (non-hydrogen) atoms. The molecule has 0 aliphatic rings. The van der Waals surface area contributed by atoms with Crippen LogP contribution in [0.15, 0.2) is 0 Å². The summed E-state index contributed by atoms with van der Waals surface area (Å²) in [6, 6.07) is 0.247. The van der Waals surface area contributed by atoms with E-state index >= 15 is 0 Å². The number of rotatable bonds is 5. The molecule has 0 radical (unpaired) electrons. The van der Waals surface area contributed by atoms with E-state index in [0.717, 1.165) is 17.9 Å². The van der Waals surface area contributed by atoms with Crippen LogP contribution in [0.2, 0.25) is 0 Å². The highest BCUT2D eigenvalue weighted by atomic mass is 16.3. The monoisotopic (exact) mass is 226 g/mol. The Hall–Kier alpha value is -1.23. The highest BCUT2D eigenvalue weighted by Crippen LogP contribution is 2.25. The van der Waals surface area contributed by atoms with Crippen molar-refractivity contribution < 1.29 is 5.11 Å². The first kappa shape index (κ1) is 12.8. The molecule has 0 fully saturated rings. The minimum absolute atomic E-state index is 0.247. The lowest BCUT2D eigenvalue weighted by atomic mass is 10.3. The normalized spacial score (nSPS) is 13.1. The van der Waals surface area contributed by atoms with Gasteiger partial charge in [0.15, 0.2) is 0 Å². The maximum absolute atomic E-state index is 9.51. The van der Waals surface area contributed by atoms with Crippen molar-refractivity contribution in [2.45, 2.75) is 46.3 Å². The van der Waals surface area contributed by atoms with Gasteiger partial charge >= 0.3 is 0 Å². The van der Waals surface area contributed by atoms with Gasteiger partial charge in [-0.25, -0.2) is 4.68 Å². The van der Waals surface area contributed by atoms with Crippen molar-refractivity contribution in [2.24, 2.45) is 0 Å². The van der Waals surface area contributed by atoms with Gasteiger partial charge in [-0.3, -0.25) is 0 Å². The average Bonchev–Trinajstić information content (AvgIpc) is 2.53. The molecule has 1 atom stereocenters. The van der Waals surface area contributed by atoms with E-state index in [9.17, 15) is 5.11 Å². The van der Waals surface area contributed by atoms with Gasteiger partial charge in [0.25, 0.3) is 0 Å². The molecular weight excluding hydrogens is 204 g/mol. The number of aliphatic hydroxyl groups excluding tert-OH is 1. The molecule has 1 heterocycles. The van der Waals surface area contributed by atoms with E-state index < -0.39 is 0 Å². The number of aliphatic hydroxyl groups is 1. The van der Waals surface area contributed by atoms with Crippen molar-refractivity contribution in [1.82, 2.24) is 9.78 Å². The maximum Gasteiger partial charge on any atom is 0.148 e. The van der Waals surface area contributed by atoms with Crippen LogP contribution in [-0.4, -0.2) is 27.5 Å². The van der Waals surface area contributed by atoms with E-state index in [1.54, 1.807) is 0 Å². The second-order valence-electron chi connectivity index (χ2n) is 4.33. The second-order valence-corrected chi connectivity index (χ2v) is 4.33. The first-order chi connectivity index (χ1) is 7.47. The van der Waals surface area contributed by atoms with Crippen LogP contribution >= 0.6 is 0 Å². The molecule has 4 N–H and O–H groups in total. The van der Waals surface area contributed by atoms with Crippen molar-refractivity contribution in [1.29, 1.82) is 0 Å². The van der Waals surface area contributed by atoms with Crippen molar-refractivity contribution in [3.05, 3.63) is 5.69 Å². The molecule has 0 saturated carbocycles. The third kappa shape index (κ3) is 2.66. The predicted octanol–water partition coefficient (Wildman–Crippen LogP) is 1.54. The number of aryl methyl sites for hydroxylation is 1. The van der Waals surface area contributed by atoms with Crippen LogP contribution in [-0.2, 0) is 0 Å². The average molecular weight is 226 g/mol. The Bertz CT molecular complexity index is 346. The molecule has 1 aromatic rings. The number of anilines is 2. The van der Waals surface area contributed by atoms with Gasteiger partial charge in [0.05, 0.1) is 17.5 Å². The fourth-order valence-corrected chi connectivity index (χ4v) is 1.47. The summed E-state index contributed by atoms with van der Waals surface area (Å²) >= 11 is 0. The summed E-state index contributed by atoms with van der Waals surface area (Å²) in [5, 5.41) is 17.0. The number of hydrogen-bond donors (Lipinski definition) is 3. The fourth-order valence-electron chi connectivity index (χ4n) is 1.47. The number of nitrogen functional groups attached to an aromatic ring is 1. The molecule has 0 bridgehead atoms. The Balaban J connectivity index is 2.85. The molecule has 5 nitrogen and oxygen atoms in total. The Labute approximate surface area is 96.6 Å². The lowest BCUT2D eigenvalue weighted by Gasteiger charge is -2.15. The van der Waals surface area contributed by atoms with E-state index in [1.165, 1.54) is 0 Å². The quantitative estimate of drug-likeness (QED) is 0.711. The van der Waals surface area contributed by atoms with Crippen molar-refractivity contribution in [3.8, 4) is 0 Å². The number of nitrogens with one attached hydrogen (secondary N) is 1. The molecule has 0 saturated heterocycles. The van der Waals surface area contributed by atoms with Gasteiger partial charge in [0, 0.05) is 12.6 Å². The number of aromatic nitrogens is 2. The molecule has 0 aliphatic heterocycles. The molecule has 1 rings (SSSR count). The molecule has 5 heteroatoms. The van der Waals surface area contributed by atoms with Crippen molar-refractivity contribution >= 4 is 11.5 Å². The lowest BCUT2D eigenvalue weighted by Crippen LogP contribution is -2.21. The first-order valence-electron chi connectivity index (χ1n) is 5.73. The highest BCUT2D eigenvalue weighted by molar-refractivity contribution is 5.64. The summed E-state index contributed by atoms with van der Waals surface area (Å²) in [4.78, 5) is 0. The topological polar surface area (TPSA) is 76.1 Å². The number of nitrogens with two attached hydrogens (primary N) is 1. The molecule has 92 valence electrons. The van der Waals surface area contributed by atoms with Gasteiger partial charge in [-0.1, -0.05) is 6.92 Å². The van der Waals surface area contributed by atoms with Gasteiger partial charge < -0.3 is 16.2 Å². The minimum atomic E-state index is -0.352. The van der Waals surface area contributed by atoms with Crippen molar-refractivity contribution in [3.63, 3.8) is 0 Å². The Kier molecular flexibility index (Phi) is 4.18. The number of nitrogens with zero attached hydrogens (tertiary/aromatic N) is 2. The van der Waals surface area contributed by atoms with E-state index in [4.69, 9.17) is 5.73 Å². The first-order valence-corrected chi connectivity index (χ1v) is 5.73. The van der Waals surface area contributed by atoms with Crippen LogP contribution in [0, 0.1) is 6.92 Å². The van der Waals surface area contributed by atoms with Gasteiger partial charge in [-0.15, -0.1) is 0 Å². The van der Waals surface area contributed by atoms with Crippen LogP contribution in [0.25, 0.3) is 0 Å². The van der Waals surface area contributed by atoms with Crippen LogP contribution < -0.4 is 11.1 Å². The molecule has 1 aromatic heterocycles. The molecule has 0 aliphatic carbocycles. The summed E-state index contributed by atoms with van der Waals surface area (Å²) in [5.74, 6) is 0.806. The summed E-state index contributed by atoms with van der Waals surface area (Å²) in [7, 11) is 0. The molecule has 0 spiro atoms.